The number of carbonyl (C=O) groups excluding carboxylic acids is 3. The van der Waals surface area contributed by atoms with Crippen molar-refractivity contribution in [2.45, 2.75) is 11.7 Å². The highest BCUT2D eigenvalue weighted by Gasteiger charge is 2.31. The summed E-state index contributed by atoms with van der Waals surface area (Å²) in [6.07, 6.45) is 0.474. The van der Waals surface area contributed by atoms with E-state index in [9.17, 15) is 14.4 Å². The lowest BCUT2D eigenvalue weighted by Gasteiger charge is -2.06. The molecule has 1 aliphatic rings. The van der Waals surface area contributed by atoms with Gasteiger partial charge in [-0.1, -0.05) is 66.4 Å². The van der Waals surface area contributed by atoms with E-state index in [1.165, 1.54) is 0 Å². The van der Waals surface area contributed by atoms with Gasteiger partial charge in [0, 0.05) is 11.1 Å². The third-order valence-electron chi connectivity index (χ3n) is 3.44. The standard InChI is InChI=1S/C17H13NO3S/c19-15(12-4-2-1-3-5-12)13-8-6-11(7-9-13)10-14-16(20)18-17(21)22-14/h1-9,14H,10H2,(H,18,20,21). The second kappa shape index (κ2) is 6.15. The molecule has 0 aliphatic carbocycles. The topological polar surface area (TPSA) is 63.2 Å². The predicted molar refractivity (Wildman–Crippen MR) is 84.9 cm³/mol. The van der Waals surface area contributed by atoms with Crippen molar-refractivity contribution in [2.24, 2.45) is 0 Å². The fourth-order valence-electron chi connectivity index (χ4n) is 2.29. The van der Waals surface area contributed by atoms with E-state index in [0.717, 1.165) is 17.3 Å². The molecule has 2 amide bonds. The van der Waals surface area contributed by atoms with Gasteiger partial charge in [-0.05, 0) is 12.0 Å². The Hall–Kier alpha value is -2.40. The Balaban J connectivity index is 1.72. The normalized spacial score (nSPS) is 17.4. The maximum absolute atomic E-state index is 12.3. The van der Waals surface area contributed by atoms with Gasteiger partial charge in [-0.2, -0.15) is 0 Å². The number of amides is 2. The molecule has 22 heavy (non-hydrogen) atoms. The van der Waals surface area contributed by atoms with Crippen LogP contribution in [-0.4, -0.2) is 22.2 Å². The minimum atomic E-state index is -0.386. The molecule has 1 atom stereocenters. The summed E-state index contributed by atoms with van der Waals surface area (Å²) in [6, 6.07) is 16.2. The van der Waals surface area contributed by atoms with Crippen molar-refractivity contribution in [1.82, 2.24) is 5.32 Å². The molecular weight excluding hydrogens is 298 g/mol. The number of hydrogen-bond donors (Lipinski definition) is 1. The van der Waals surface area contributed by atoms with Crippen LogP contribution in [0.3, 0.4) is 0 Å². The van der Waals surface area contributed by atoms with E-state index in [2.05, 4.69) is 5.32 Å². The third kappa shape index (κ3) is 3.09. The summed E-state index contributed by atoms with van der Waals surface area (Å²) < 4.78 is 0. The van der Waals surface area contributed by atoms with E-state index in [-0.39, 0.29) is 22.2 Å². The highest BCUT2D eigenvalue weighted by molar-refractivity contribution is 8.15. The molecule has 0 radical (unpaired) electrons. The van der Waals surface area contributed by atoms with Crippen molar-refractivity contribution in [3.63, 3.8) is 0 Å². The first-order valence-electron chi connectivity index (χ1n) is 6.83. The number of carbonyl (C=O) groups is 3. The number of hydrogen-bond acceptors (Lipinski definition) is 4. The lowest BCUT2D eigenvalue weighted by molar-refractivity contribution is -0.118. The lowest BCUT2D eigenvalue weighted by atomic mass is 10.0. The Labute approximate surface area is 131 Å². The fourth-order valence-corrected chi connectivity index (χ4v) is 3.15. The monoisotopic (exact) mass is 311 g/mol. The van der Waals surface area contributed by atoms with Crippen molar-refractivity contribution < 1.29 is 14.4 Å². The number of thioether (sulfide) groups is 1. The molecule has 1 fully saturated rings. The summed E-state index contributed by atoms with van der Waals surface area (Å²) in [6.45, 7) is 0. The van der Waals surface area contributed by atoms with Crippen LogP contribution >= 0.6 is 11.8 Å². The number of benzene rings is 2. The zero-order valence-corrected chi connectivity index (χ0v) is 12.4. The first kappa shape index (κ1) is 14.5. The van der Waals surface area contributed by atoms with Crippen molar-refractivity contribution in [1.29, 1.82) is 0 Å². The lowest BCUT2D eigenvalue weighted by Crippen LogP contribution is -2.25. The van der Waals surface area contributed by atoms with E-state index in [4.69, 9.17) is 0 Å². The van der Waals surface area contributed by atoms with Crippen LogP contribution < -0.4 is 5.32 Å². The Bertz CT molecular complexity index is 725. The van der Waals surface area contributed by atoms with Gasteiger partial charge in [0.15, 0.2) is 5.78 Å². The molecule has 1 saturated heterocycles. The Morgan fingerprint density at radius 2 is 1.59 bits per heavy atom. The van der Waals surface area contributed by atoms with Gasteiger partial charge in [0.05, 0.1) is 5.25 Å². The van der Waals surface area contributed by atoms with Crippen LogP contribution in [0.1, 0.15) is 21.5 Å². The van der Waals surface area contributed by atoms with Crippen LogP contribution in [0.25, 0.3) is 0 Å². The first-order valence-corrected chi connectivity index (χ1v) is 7.71. The molecule has 1 unspecified atom stereocenters. The van der Waals surface area contributed by atoms with Crippen molar-refractivity contribution in [3.8, 4) is 0 Å². The van der Waals surface area contributed by atoms with Crippen molar-refractivity contribution >= 4 is 28.7 Å². The average Bonchev–Trinajstić information content (AvgIpc) is 2.86. The van der Waals surface area contributed by atoms with Gasteiger partial charge in [-0.3, -0.25) is 19.7 Å². The number of imide groups is 1. The molecule has 1 heterocycles. The second-order valence-electron chi connectivity index (χ2n) is 4.98. The maximum atomic E-state index is 12.3. The van der Waals surface area contributed by atoms with E-state index < -0.39 is 0 Å². The first-order chi connectivity index (χ1) is 10.6. The summed E-state index contributed by atoms with van der Waals surface area (Å²) >= 11 is 1.01. The quantitative estimate of drug-likeness (QED) is 0.882. The SMILES string of the molecule is O=C1NC(=O)C(Cc2ccc(C(=O)c3ccccc3)cc2)S1. The Morgan fingerprint density at radius 3 is 2.18 bits per heavy atom. The van der Waals surface area contributed by atoms with Crippen LogP contribution in [0, 0.1) is 0 Å². The van der Waals surface area contributed by atoms with E-state index in [1.54, 1.807) is 24.3 Å². The van der Waals surface area contributed by atoms with Crippen molar-refractivity contribution in [3.05, 3.63) is 71.3 Å². The van der Waals surface area contributed by atoms with Crippen LogP contribution in [0.15, 0.2) is 54.6 Å². The van der Waals surface area contributed by atoms with Crippen LogP contribution in [0.2, 0.25) is 0 Å². The molecule has 110 valence electrons. The smallest absolute Gasteiger partial charge is 0.286 e. The van der Waals surface area contributed by atoms with E-state index in [1.807, 2.05) is 30.3 Å². The largest absolute Gasteiger partial charge is 0.289 e. The molecule has 1 N–H and O–H groups in total. The molecule has 0 spiro atoms. The Morgan fingerprint density at radius 1 is 0.955 bits per heavy atom. The zero-order valence-electron chi connectivity index (χ0n) is 11.6. The molecular formula is C17H13NO3S. The maximum Gasteiger partial charge on any atom is 0.286 e. The van der Waals surface area contributed by atoms with Gasteiger partial charge in [-0.25, -0.2) is 0 Å². The van der Waals surface area contributed by atoms with E-state index >= 15 is 0 Å². The molecule has 3 rings (SSSR count). The molecule has 2 aromatic carbocycles. The minimum Gasteiger partial charge on any atom is -0.289 e. The highest BCUT2D eigenvalue weighted by atomic mass is 32.2. The van der Waals surface area contributed by atoms with Crippen LogP contribution in [0.5, 0.6) is 0 Å². The van der Waals surface area contributed by atoms with Crippen molar-refractivity contribution in [2.75, 3.05) is 0 Å². The molecule has 0 bridgehead atoms. The van der Waals surface area contributed by atoms with Gasteiger partial charge in [-0.15, -0.1) is 0 Å². The average molecular weight is 311 g/mol. The van der Waals surface area contributed by atoms with Crippen LogP contribution in [-0.2, 0) is 11.2 Å². The molecule has 1 aliphatic heterocycles. The van der Waals surface area contributed by atoms with Gasteiger partial charge in [0.1, 0.15) is 0 Å². The predicted octanol–water partition coefficient (Wildman–Crippen LogP) is 2.81. The van der Waals surface area contributed by atoms with Gasteiger partial charge < -0.3 is 0 Å². The summed E-state index contributed by atoms with van der Waals surface area (Å²) in [5.41, 5.74) is 2.17. The zero-order chi connectivity index (χ0) is 15.5. The summed E-state index contributed by atoms with van der Waals surface area (Å²) in [7, 11) is 0. The highest BCUT2D eigenvalue weighted by Crippen LogP contribution is 2.23. The molecule has 0 saturated carbocycles. The summed E-state index contributed by atoms with van der Waals surface area (Å²) in [4.78, 5) is 35.0. The number of rotatable bonds is 4. The third-order valence-corrected chi connectivity index (χ3v) is 4.42. The number of ketones is 1. The summed E-state index contributed by atoms with van der Waals surface area (Å²) in [5, 5.41) is 1.58. The Kier molecular flexibility index (Phi) is 4.06. The molecule has 4 nitrogen and oxygen atoms in total. The molecule has 0 aromatic heterocycles. The number of nitrogens with one attached hydrogen (secondary N) is 1. The second-order valence-corrected chi connectivity index (χ2v) is 6.15. The fraction of sp³-hybridized carbons (Fsp3) is 0.118. The van der Waals surface area contributed by atoms with E-state index in [0.29, 0.717) is 17.5 Å². The molecule has 5 heteroatoms. The minimum absolute atomic E-state index is 0.0321. The van der Waals surface area contributed by atoms with Gasteiger partial charge >= 0.3 is 0 Å². The van der Waals surface area contributed by atoms with Crippen LogP contribution in [0.4, 0.5) is 4.79 Å². The molecule has 2 aromatic rings. The summed E-state index contributed by atoms with van der Waals surface area (Å²) in [5.74, 6) is -0.283. The van der Waals surface area contributed by atoms with Gasteiger partial charge in [0.25, 0.3) is 5.24 Å². The van der Waals surface area contributed by atoms with Gasteiger partial charge in [0.2, 0.25) is 5.91 Å².